The van der Waals surface area contributed by atoms with Gasteiger partial charge in [-0.15, -0.1) is 0 Å². The van der Waals surface area contributed by atoms with Gasteiger partial charge < -0.3 is 21.5 Å². The summed E-state index contributed by atoms with van der Waals surface area (Å²) in [7, 11) is 0. The highest BCUT2D eigenvalue weighted by atomic mass is 16.4. The molecule has 2 aromatic carbocycles. The molecule has 7 nitrogen and oxygen atoms in total. The Morgan fingerprint density at radius 2 is 1.30 bits per heavy atom. The summed E-state index contributed by atoms with van der Waals surface area (Å²) in [6, 6.07) is 16.1. The molecule has 0 unspecified atom stereocenters. The van der Waals surface area contributed by atoms with Crippen LogP contribution in [0.25, 0.3) is 0 Å². The molecule has 2 amide bonds. The molecule has 0 aliphatic heterocycles. The maximum absolute atomic E-state index is 12.7. The predicted molar refractivity (Wildman–Crippen MR) is 101 cm³/mol. The fourth-order valence-corrected chi connectivity index (χ4v) is 2.63. The van der Waals surface area contributed by atoms with Crippen LogP contribution in [0.15, 0.2) is 60.7 Å². The lowest BCUT2D eigenvalue weighted by molar-refractivity contribution is -0.142. The second-order valence-corrected chi connectivity index (χ2v) is 6.10. The van der Waals surface area contributed by atoms with Gasteiger partial charge in [-0.25, -0.2) is 4.79 Å². The third-order valence-corrected chi connectivity index (χ3v) is 4.02. The van der Waals surface area contributed by atoms with Gasteiger partial charge in [-0.2, -0.15) is 0 Å². The van der Waals surface area contributed by atoms with Crippen LogP contribution in [0.2, 0.25) is 0 Å². The first-order valence-electron chi connectivity index (χ1n) is 8.60. The van der Waals surface area contributed by atoms with Crippen LogP contribution in [0.4, 0.5) is 0 Å². The van der Waals surface area contributed by atoms with E-state index in [0.29, 0.717) is 0 Å². The molecule has 142 valence electrons. The Morgan fingerprint density at radius 1 is 0.815 bits per heavy atom. The van der Waals surface area contributed by atoms with Crippen molar-refractivity contribution in [3.05, 3.63) is 71.8 Å². The minimum absolute atomic E-state index is 0.144. The molecule has 2 atom stereocenters. The zero-order chi connectivity index (χ0) is 19.6. The average Bonchev–Trinajstić information content (AvgIpc) is 2.68. The van der Waals surface area contributed by atoms with Crippen molar-refractivity contribution in [3.8, 4) is 0 Å². The Balaban J connectivity index is 2.11. The molecule has 0 bridgehead atoms. The van der Waals surface area contributed by atoms with Gasteiger partial charge in [0.15, 0.2) is 0 Å². The van der Waals surface area contributed by atoms with Crippen molar-refractivity contribution in [3.63, 3.8) is 0 Å². The minimum Gasteiger partial charge on any atom is -0.480 e. The second-order valence-electron chi connectivity index (χ2n) is 6.10. The van der Waals surface area contributed by atoms with Crippen molar-refractivity contribution < 1.29 is 19.5 Å². The van der Waals surface area contributed by atoms with Crippen molar-refractivity contribution in [1.82, 2.24) is 10.6 Å². The van der Waals surface area contributed by atoms with Crippen LogP contribution in [-0.4, -0.2) is 41.5 Å². The molecule has 0 heterocycles. The largest absolute Gasteiger partial charge is 0.480 e. The Hall–Kier alpha value is -3.19. The molecule has 7 heteroatoms. The third-order valence-electron chi connectivity index (χ3n) is 4.02. The lowest BCUT2D eigenvalue weighted by Crippen LogP contribution is -2.53. The summed E-state index contributed by atoms with van der Waals surface area (Å²) in [5, 5.41) is 14.5. The van der Waals surface area contributed by atoms with E-state index in [-0.39, 0.29) is 19.4 Å². The number of nitrogens with two attached hydrogens (primary N) is 1. The molecule has 0 spiro atoms. The molecule has 0 radical (unpaired) electrons. The normalized spacial score (nSPS) is 12.6. The molecule has 0 aromatic heterocycles. The van der Waals surface area contributed by atoms with Crippen LogP contribution in [0.5, 0.6) is 0 Å². The summed E-state index contributed by atoms with van der Waals surface area (Å²) in [6.07, 6.45) is 0.376. The number of rotatable bonds is 9. The number of nitrogens with one attached hydrogen (secondary N) is 2. The Morgan fingerprint density at radius 3 is 1.74 bits per heavy atom. The molecule has 27 heavy (non-hydrogen) atoms. The van der Waals surface area contributed by atoms with Gasteiger partial charge in [0, 0.05) is 12.8 Å². The van der Waals surface area contributed by atoms with Crippen LogP contribution in [0, 0.1) is 0 Å². The number of carbonyl (C=O) groups excluding carboxylic acids is 2. The van der Waals surface area contributed by atoms with Gasteiger partial charge in [0.25, 0.3) is 0 Å². The molecule has 0 fully saturated rings. The van der Waals surface area contributed by atoms with Crippen molar-refractivity contribution in [1.29, 1.82) is 0 Å². The number of amides is 2. The third kappa shape index (κ3) is 6.56. The number of carbonyl (C=O) groups is 3. The van der Waals surface area contributed by atoms with Gasteiger partial charge in [0.1, 0.15) is 12.1 Å². The van der Waals surface area contributed by atoms with Gasteiger partial charge >= 0.3 is 5.97 Å². The van der Waals surface area contributed by atoms with Gasteiger partial charge in [-0.1, -0.05) is 60.7 Å². The highest BCUT2D eigenvalue weighted by Gasteiger charge is 2.26. The van der Waals surface area contributed by atoms with E-state index in [9.17, 15) is 19.5 Å². The molecule has 0 aliphatic carbocycles. The molecule has 0 aliphatic rings. The summed E-state index contributed by atoms with van der Waals surface area (Å²) in [5.74, 6) is -2.19. The maximum Gasteiger partial charge on any atom is 0.326 e. The predicted octanol–water partition coefficient (Wildman–Crippen LogP) is 0.485. The number of carboxylic acid groups (broad SMARTS) is 1. The van der Waals surface area contributed by atoms with Crippen LogP contribution in [0.3, 0.4) is 0 Å². The summed E-state index contributed by atoms with van der Waals surface area (Å²) < 4.78 is 0. The molecular formula is C20H23N3O4. The SMILES string of the molecule is NCC(=O)N[C@H](Cc1ccccc1)C(=O)N[C@H](Cc1ccccc1)C(=O)O. The number of carboxylic acids is 1. The van der Waals surface area contributed by atoms with Crippen LogP contribution in [0.1, 0.15) is 11.1 Å². The monoisotopic (exact) mass is 369 g/mol. The minimum atomic E-state index is -1.14. The number of benzene rings is 2. The van der Waals surface area contributed by atoms with Crippen molar-refractivity contribution >= 4 is 17.8 Å². The Bertz CT molecular complexity index is 765. The zero-order valence-corrected chi connectivity index (χ0v) is 14.8. The fraction of sp³-hybridized carbons (Fsp3) is 0.250. The summed E-state index contributed by atoms with van der Waals surface area (Å²) in [4.78, 5) is 35.9. The van der Waals surface area contributed by atoms with Crippen LogP contribution < -0.4 is 16.4 Å². The lowest BCUT2D eigenvalue weighted by atomic mass is 10.0. The van der Waals surface area contributed by atoms with Crippen molar-refractivity contribution in [2.75, 3.05) is 6.54 Å². The second kappa shape index (κ2) is 10.1. The quantitative estimate of drug-likeness (QED) is 0.512. The van der Waals surface area contributed by atoms with E-state index in [1.54, 1.807) is 24.3 Å². The summed E-state index contributed by atoms with van der Waals surface area (Å²) in [6.45, 7) is -0.259. The zero-order valence-electron chi connectivity index (χ0n) is 14.8. The first-order valence-corrected chi connectivity index (χ1v) is 8.60. The van der Waals surface area contributed by atoms with E-state index in [4.69, 9.17) is 5.73 Å². The van der Waals surface area contributed by atoms with Crippen LogP contribution >= 0.6 is 0 Å². The van der Waals surface area contributed by atoms with Gasteiger partial charge in [0.2, 0.25) is 11.8 Å². The molecule has 2 rings (SSSR count). The van der Waals surface area contributed by atoms with Crippen LogP contribution in [-0.2, 0) is 27.2 Å². The highest BCUT2D eigenvalue weighted by molar-refractivity contribution is 5.91. The standard InChI is InChI=1S/C20H23N3O4/c21-13-18(24)22-16(11-14-7-3-1-4-8-14)19(25)23-17(20(26)27)12-15-9-5-2-6-10-15/h1-10,16-17H,11-13,21H2,(H,22,24)(H,23,25)(H,26,27)/t16-,17-/m1/s1. The summed E-state index contributed by atoms with van der Waals surface area (Å²) >= 11 is 0. The molecule has 0 saturated heterocycles. The van der Waals surface area contributed by atoms with E-state index in [2.05, 4.69) is 10.6 Å². The molecule has 2 aromatic rings. The number of aliphatic carboxylic acids is 1. The molecule has 0 saturated carbocycles. The molecule has 5 N–H and O–H groups in total. The van der Waals surface area contributed by atoms with Gasteiger partial charge in [0.05, 0.1) is 6.54 Å². The first kappa shape index (κ1) is 20.1. The molecular weight excluding hydrogens is 346 g/mol. The van der Waals surface area contributed by atoms with E-state index >= 15 is 0 Å². The topological polar surface area (TPSA) is 122 Å². The van der Waals surface area contributed by atoms with Gasteiger partial charge in [-0.05, 0) is 11.1 Å². The van der Waals surface area contributed by atoms with Crippen molar-refractivity contribution in [2.24, 2.45) is 5.73 Å². The number of hydrogen-bond donors (Lipinski definition) is 4. The Kier molecular flexibility index (Phi) is 7.51. The average molecular weight is 369 g/mol. The van der Waals surface area contributed by atoms with E-state index in [1.807, 2.05) is 36.4 Å². The Labute approximate surface area is 157 Å². The van der Waals surface area contributed by atoms with Crippen molar-refractivity contribution in [2.45, 2.75) is 24.9 Å². The summed E-state index contributed by atoms with van der Waals surface area (Å²) in [5.41, 5.74) is 6.95. The van der Waals surface area contributed by atoms with E-state index in [0.717, 1.165) is 11.1 Å². The fourth-order valence-electron chi connectivity index (χ4n) is 2.63. The first-order chi connectivity index (χ1) is 13.0. The van der Waals surface area contributed by atoms with Gasteiger partial charge in [-0.3, -0.25) is 9.59 Å². The lowest BCUT2D eigenvalue weighted by Gasteiger charge is -2.21. The number of hydrogen-bond acceptors (Lipinski definition) is 4. The highest BCUT2D eigenvalue weighted by Crippen LogP contribution is 2.07. The smallest absolute Gasteiger partial charge is 0.326 e. The maximum atomic E-state index is 12.7. The van der Waals surface area contributed by atoms with E-state index in [1.165, 1.54) is 0 Å². The van der Waals surface area contributed by atoms with E-state index < -0.39 is 29.9 Å².